The molecule has 3 rings (SSSR count). The smallest absolute Gasteiger partial charge is 0.379 e. The fourth-order valence-electron chi connectivity index (χ4n) is 2.31. The third-order valence-electron chi connectivity index (χ3n) is 3.59. The lowest BCUT2D eigenvalue weighted by Gasteiger charge is -2.02. The minimum Gasteiger partial charge on any atom is -0.497 e. The summed E-state index contributed by atoms with van der Waals surface area (Å²) in [5.41, 5.74) is 1.10. The molecule has 0 aliphatic heterocycles. The van der Waals surface area contributed by atoms with Crippen LogP contribution in [0.2, 0.25) is 0 Å². The number of non-ortho nitro benzene ring substituents is 1. The van der Waals surface area contributed by atoms with E-state index < -0.39 is 10.9 Å². The number of furan rings is 1. The van der Waals surface area contributed by atoms with Gasteiger partial charge in [-0.2, -0.15) is 0 Å². The zero-order valence-electron chi connectivity index (χ0n) is 12.9. The van der Waals surface area contributed by atoms with E-state index in [0.29, 0.717) is 16.9 Å². The van der Waals surface area contributed by atoms with Crippen molar-refractivity contribution in [2.45, 2.75) is 6.92 Å². The number of rotatable bonds is 4. The number of nitrogens with zero attached hydrogens (tertiary/aromatic N) is 1. The van der Waals surface area contributed by atoms with Crippen LogP contribution in [0.15, 0.2) is 46.9 Å². The first kappa shape index (κ1) is 15.5. The molecule has 0 atom stereocenters. The topological polar surface area (TPSA) is 91.8 Å². The van der Waals surface area contributed by atoms with Crippen LogP contribution in [-0.2, 0) is 0 Å². The summed E-state index contributed by atoms with van der Waals surface area (Å²) < 4.78 is 15.9. The summed E-state index contributed by atoms with van der Waals surface area (Å²) in [5.74, 6) is 0.262. The molecule has 0 radical (unpaired) electrons. The number of hydrogen-bond donors (Lipinski definition) is 0. The van der Waals surface area contributed by atoms with E-state index in [-0.39, 0.29) is 17.2 Å². The third-order valence-corrected chi connectivity index (χ3v) is 3.59. The van der Waals surface area contributed by atoms with Crippen LogP contribution in [0.4, 0.5) is 5.69 Å². The fourth-order valence-corrected chi connectivity index (χ4v) is 2.31. The van der Waals surface area contributed by atoms with Gasteiger partial charge in [-0.3, -0.25) is 10.1 Å². The van der Waals surface area contributed by atoms with Gasteiger partial charge >= 0.3 is 5.97 Å². The molecule has 0 fully saturated rings. The summed E-state index contributed by atoms with van der Waals surface area (Å²) >= 11 is 0. The molecule has 0 spiro atoms. The van der Waals surface area contributed by atoms with Gasteiger partial charge in [0.25, 0.3) is 5.69 Å². The highest BCUT2D eigenvalue weighted by Gasteiger charge is 2.20. The van der Waals surface area contributed by atoms with E-state index in [2.05, 4.69) is 0 Å². The van der Waals surface area contributed by atoms with Crippen molar-refractivity contribution in [1.29, 1.82) is 0 Å². The van der Waals surface area contributed by atoms with Crippen LogP contribution in [0.3, 0.4) is 0 Å². The minimum absolute atomic E-state index is 0.0802. The third kappa shape index (κ3) is 2.79. The number of esters is 1. The highest BCUT2D eigenvalue weighted by Crippen LogP contribution is 2.29. The Labute approximate surface area is 136 Å². The Morgan fingerprint density at radius 3 is 2.42 bits per heavy atom. The van der Waals surface area contributed by atoms with E-state index in [1.165, 1.54) is 24.3 Å². The van der Waals surface area contributed by atoms with Crippen molar-refractivity contribution in [2.75, 3.05) is 7.11 Å². The fraction of sp³-hybridized carbons (Fsp3) is 0.118. The average molecular weight is 327 g/mol. The van der Waals surface area contributed by atoms with E-state index in [9.17, 15) is 14.9 Å². The molecule has 24 heavy (non-hydrogen) atoms. The molecule has 0 aliphatic rings. The molecule has 0 unspecified atom stereocenters. The molecule has 7 nitrogen and oxygen atoms in total. The van der Waals surface area contributed by atoms with Crippen molar-refractivity contribution in [2.24, 2.45) is 0 Å². The number of hydrogen-bond acceptors (Lipinski definition) is 6. The van der Waals surface area contributed by atoms with E-state index >= 15 is 0 Å². The van der Waals surface area contributed by atoms with Crippen molar-refractivity contribution in [3.8, 4) is 11.5 Å². The Hall–Kier alpha value is -3.35. The molecule has 0 bridgehead atoms. The van der Waals surface area contributed by atoms with Gasteiger partial charge in [-0.05, 0) is 37.3 Å². The molecule has 0 N–H and O–H groups in total. The van der Waals surface area contributed by atoms with Crippen LogP contribution in [0.1, 0.15) is 16.1 Å². The second kappa shape index (κ2) is 6.04. The molecule has 7 heteroatoms. The molecule has 0 saturated heterocycles. The Bertz CT molecular complexity index is 926. The summed E-state index contributed by atoms with van der Waals surface area (Å²) in [6.07, 6.45) is 0. The zero-order valence-corrected chi connectivity index (χ0v) is 12.9. The zero-order chi connectivity index (χ0) is 17.3. The van der Waals surface area contributed by atoms with Crippen LogP contribution in [-0.4, -0.2) is 18.0 Å². The van der Waals surface area contributed by atoms with Crippen LogP contribution < -0.4 is 9.47 Å². The number of aryl methyl sites for hydroxylation is 1. The summed E-state index contributed by atoms with van der Waals surface area (Å²) in [7, 11) is 1.56. The normalized spacial score (nSPS) is 10.6. The van der Waals surface area contributed by atoms with E-state index in [1.807, 2.05) is 0 Å². The van der Waals surface area contributed by atoms with Gasteiger partial charge < -0.3 is 13.9 Å². The van der Waals surface area contributed by atoms with Gasteiger partial charge in [0.05, 0.1) is 12.0 Å². The lowest BCUT2D eigenvalue weighted by atomic mass is 10.1. The Kier molecular flexibility index (Phi) is 3.91. The SMILES string of the molecule is COc1ccc2oc(C(=O)Oc3ccc([N+](=O)[O-])cc3)c(C)c2c1. The van der Waals surface area contributed by atoms with Gasteiger partial charge in [-0.15, -0.1) is 0 Å². The van der Waals surface area contributed by atoms with Gasteiger partial charge in [0, 0.05) is 23.1 Å². The van der Waals surface area contributed by atoms with Crippen molar-refractivity contribution < 1.29 is 23.6 Å². The Morgan fingerprint density at radius 2 is 1.79 bits per heavy atom. The van der Waals surface area contributed by atoms with Crippen LogP contribution in [0.25, 0.3) is 11.0 Å². The second-order valence-corrected chi connectivity index (χ2v) is 5.06. The molecule has 1 heterocycles. The number of ether oxygens (including phenoxy) is 2. The minimum atomic E-state index is -0.670. The summed E-state index contributed by atoms with van der Waals surface area (Å²) in [6.45, 7) is 1.75. The highest BCUT2D eigenvalue weighted by molar-refractivity contribution is 5.97. The number of methoxy groups -OCH3 is 1. The van der Waals surface area contributed by atoms with E-state index in [0.717, 1.165) is 5.39 Å². The van der Waals surface area contributed by atoms with Gasteiger partial charge in [0.2, 0.25) is 5.76 Å². The molecule has 2 aromatic carbocycles. The molecule has 0 saturated carbocycles. The first-order valence-corrected chi connectivity index (χ1v) is 7.03. The maximum Gasteiger partial charge on any atom is 0.379 e. The number of carbonyl (C=O) groups is 1. The van der Waals surface area contributed by atoms with Gasteiger partial charge in [0.15, 0.2) is 0 Å². The molecular weight excluding hydrogens is 314 g/mol. The average Bonchev–Trinajstić information content (AvgIpc) is 2.91. The first-order chi connectivity index (χ1) is 11.5. The lowest BCUT2D eigenvalue weighted by Crippen LogP contribution is -2.08. The number of fused-ring (bicyclic) bond motifs is 1. The molecule has 122 valence electrons. The summed E-state index contributed by atoms with van der Waals surface area (Å²) in [6, 6.07) is 10.5. The molecular formula is C17H13NO6. The second-order valence-electron chi connectivity index (χ2n) is 5.06. The lowest BCUT2D eigenvalue weighted by molar-refractivity contribution is -0.384. The number of carbonyl (C=O) groups excluding carboxylic acids is 1. The van der Waals surface area contributed by atoms with Crippen molar-refractivity contribution in [1.82, 2.24) is 0 Å². The first-order valence-electron chi connectivity index (χ1n) is 7.03. The number of nitro groups is 1. The quantitative estimate of drug-likeness (QED) is 0.312. The van der Waals surface area contributed by atoms with E-state index in [1.54, 1.807) is 32.2 Å². The molecule has 1 aromatic heterocycles. The van der Waals surface area contributed by atoms with Crippen molar-refractivity contribution in [3.63, 3.8) is 0 Å². The summed E-state index contributed by atoms with van der Waals surface area (Å²) in [4.78, 5) is 22.4. The number of nitro benzene ring substituents is 1. The van der Waals surface area contributed by atoms with Gasteiger partial charge in [0.1, 0.15) is 17.1 Å². The van der Waals surface area contributed by atoms with Crippen LogP contribution in [0.5, 0.6) is 11.5 Å². The van der Waals surface area contributed by atoms with Gasteiger partial charge in [-0.25, -0.2) is 4.79 Å². The van der Waals surface area contributed by atoms with Crippen LogP contribution in [0, 0.1) is 17.0 Å². The Balaban J connectivity index is 1.88. The molecule has 3 aromatic rings. The molecule has 0 aliphatic carbocycles. The standard InChI is InChI=1S/C17H13NO6/c1-10-14-9-13(22-2)7-8-15(14)24-16(10)17(19)23-12-5-3-11(4-6-12)18(20)21/h3-9H,1-2H3. The maximum atomic E-state index is 12.3. The van der Waals surface area contributed by atoms with Crippen molar-refractivity contribution in [3.05, 3.63) is 63.9 Å². The monoisotopic (exact) mass is 327 g/mol. The van der Waals surface area contributed by atoms with E-state index in [4.69, 9.17) is 13.9 Å². The van der Waals surface area contributed by atoms with Gasteiger partial charge in [-0.1, -0.05) is 0 Å². The summed E-state index contributed by atoms with van der Waals surface area (Å²) in [5, 5.41) is 11.4. The van der Waals surface area contributed by atoms with Crippen LogP contribution >= 0.6 is 0 Å². The predicted octanol–water partition coefficient (Wildman–Crippen LogP) is 3.88. The predicted molar refractivity (Wildman–Crippen MR) is 85.6 cm³/mol. The van der Waals surface area contributed by atoms with Crippen molar-refractivity contribution >= 4 is 22.6 Å². The maximum absolute atomic E-state index is 12.3. The molecule has 0 amide bonds. The number of benzene rings is 2. The highest BCUT2D eigenvalue weighted by atomic mass is 16.6. The largest absolute Gasteiger partial charge is 0.497 e. The Morgan fingerprint density at radius 1 is 1.12 bits per heavy atom.